The van der Waals surface area contributed by atoms with Gasteiger partial charge in [-0.3, -0.25) is 9.10 Å². The fourth-order valence-corrected chi connectivity index (χ4v) is 6.98. The van der Waals surface area contributed by atoms with Crippen molar-refractivity contribution in [3.8, 4) is 10.6 Å². The van der Waals surface area contributed by atoms with Crippen LogP contribution in [0.15, 0.2) is 101 Å². The highest BCUT2D eigenvalue weighted by Gasteiger charge is 2.27. The molecular weight excluding hydrogens is 547 g/mol. The summed E-state index contributed by atoms with van der Waals surface area (Å²) in [5.74, 6) is -0.442. The van der Waals surface area contributed by atoms with Gasteiger partial charge in [-0.2, -0.15) is 0 Å². The Kier molecular flexibility index (Phi) is 7.74. The molecule has 0 bridgehead atoms. The predicted octanol–water partition coefficient (Wildman–Crippen LogP) is 7.14. The van der Waals surface area contributed by atoms with Gasteiger partial charge in [0.25, 0.3) is 10.0 Å². The Morgan fingerprint density at radius 2 is 1.56 bits per heavy atom. The molecule has 0 unspecified atom stereocenters. The first-order valence-corrected chi connectivity index (χ1v) is 15.7. The summed E-state index contributed by atoms with van der Waals surface area (Å²) in [6, 6.07) is 27.3. The van der Waals surface area contributed by atoms with Crippen LogP contribution in [-0.4, -0.2) is 32.1 Å². The van der Waals surface area contributed by atoms with E-state index in [-0.39, 0.29) is 11.4 Å². The molecule has 1 heterocycles. The molecule has 0 spiro atoms. The third-order valence-electron chi connectivity index (χ3n) is 6.22. The second-order valence-electron chi connectivity index (χ2n) is 9.14. The van der Waals surface area contributed by atoms with Crippen LogP contribution in [0.4, 0.5) is 11.4 Å². The lowest BCUT2D eigenvalue weighted by Crippen LogP contribution is -2.38. The number of hydrogen-bond acceptors (Lipinski definition) is 6. The molecule has 5 aromatic rings. The summed E-state index contributed by atoms with van der Waals surface area (Å²) in [5.41, 5.74) is 5.09. The van der Waals surface area contributed by atoms with E-state index in [2.05, 4.69) is 18.3 Å². The first-order chi connectivity index (χ1) is 18.7. The first kappa shape index (κ1) is 26.9. The van der Waals surface area contributed by atoms with E-state index in [0.29, 0.717) is 11.4 Å². The lowest BCUT2D eigenvalue weighted by molar-refractivity contribution is -0.114. The van der Waals surface area contributed by atoms with Crippen molar-refractivity contribution in [2.45, 2.75) is 23.6 Å². The summed E-state index contributed by atoms with van der Waals surface area (Å²) in [6.45, 7) is 3.62. The van der Waals surface area contributed by atoms with Crippen LogP contribution in [-0.2, 0) is 14.8 Å². The number of rotatable bonds is 8. The first-order valence-electron chi connectivity index (χ1n) is 12.2. The lowest BCUT2D eigenvalue weighted by Gasteiger charge is -2.24. The number of aromatic nitrogens is 1. The van der Waals surface area contributed by atoms with Crippen molar-refractivity contribution in [2.24, 2.45) is 0 Å². The van der Waals surface area contributed by atoms with Crippen LogP contribution in [0.25, 0.3) is 20.8 Å². The van der Waals surface area contributed by atoms with Gasteiger partial charge in [0.05, 0.1) is 20.8 Å². The number of nitrogens with zero attached hydrogens (tertiary/aromatic N) is 2. The number of benzene rings is 4. The van der Waals surface area contributed by atoms with E-state index in [9.17, 15) is 13.2 Å². The van der Waals surface area contributed by atoms with E-state index in [1.165, 1.54) is 17.3 Å². The molecule has 6 nitrogen and oxygen atoms in total. The zero-order chi connectivity index (χ0) is 27.6. The molecule has 1 amide bonds. The molecule has 0 aliphatic heterocycles. The number of anilines is 2. The predicted molar refractivity (Wildman–Crippen MR) is 162 cm³/mol. The second kappa shape index (κ2) is 11.2. The Morgan fingerprint density at radius 1 is 0.897 bits per heavy atom. The molecular formula is C30H27N3O3S3. The molecule has 0 saturated heterocycles. The van der Waals surface area contributed by atoms with Crippen molar-refractivity contribution in [3.63, 3.8) is 0 Å². The Balaban J connectivity index is 1.36. The Labute approximate surface area is 236 Å². The summed E-state index contributed by atoms with van der Waals surface area (Å²) < 4.78 is 29.5. The highest BCUT2D eigenvalue weighted by atomic mass is 32.2. The van der Waals surface area contributed by atoms with Crippen molar-refractivity contribution < 1.29 is 13.2 Å². The molecule has 198 valence electrons. The summed E-state index contributed by atoms with van der Waals surface area (Å²) in [7, 11) is -3.98. The number of fused-ring (bicyclic) bond motifs is 1. The average Bonchev–Trinajstić information content (AvgIpc) is 3.36. The summed E-state index contributed by atoms with van der Waals surface area (Å²) >= 11 is 3.15. The van der Waals surface area contributed by atoms with E-state index in [0.717, 1.165) is 35.6 Å². The zero-order valence-electron chi connectivity index (χ0n) is 21.7. The third kappa shape index (κ3) is 6.00. The van der Waals surface area contributed by atoms with Gasteiger partial charge in [0.2, 0.25) is 5.91 Å². The topological polar surface area (TPSA) is 79.4 Å². The number of thioether (sulfide) groups is 1. The van der Waals surface area contributed by atoms with Crippen LogP contribution in [0.2, 0.25) is 0 Å². The molecule has 4 aromatic carbocycles. The average molecular weight is 574 g/mol. The third-order valence-corrected chi connectivity index (χ3v) is 9.82. The lowest BCUT2D eigenvalue weighted by atomic mass is 10.2. The maximum Gasteiger partial charge on any atom is 0.264 e. The molecule has 1 N–H and O–H groups in total. The number of thiazole rings is 1. The quantitative estimate of drug-likeness (QED) is 0.200. The number of carbonyl (C=O) groups excluding carboxylic acids is 1. The molecule has 9 heteroatoms. The fourth-order valence-electron chi connectivity index (χ4n) is 4.08. The minimum atomic E-state index is -3.98. The zero-order valence-corrected chi connectivity index (χ0v) is 24.2. The Bertz CT molecular complexity index is 1730. The fraction of sp³-hybridized carbons (Fsp3) is 0.133. The van der Waals surface area contributed by atoms with Crippen molar-refractivity contribution in [1.82, 2.24) is 4.98 Å². The summed E-state index contributed by atoms with van der Waals surface area (Å²) in [5, 5.41) is 3.74. The van der Waals surface area contributed by atoms with Crippen LogP contribution in [0, 0.1) is 13.8 Å². The van der Waals surface area contributed by atoms with Crippen LogP contribution < -0.4 is 9.62 Å². The number of carbonyl (C=O) groups is 1. The van der Waals surface area contributed by atoms with Gasteiger partial charge in [-0.15, -0.1) is 23.1 Å². The number of amides is 1. The standard InChI is InChI=1S/C30H27N3O3S3/c1-20-4-11-24(12-5-20)33(39(35,36)26-15-13-25(37-3)14-16-26)19-29(34)31-23-9-7-22(8-10-23)30-32-27-17-6-21(2)18-28(27)38-30/h4-18H,19H2,1-3H3,(H,31,34). The number of aryl methyl sites for hydroxylation is 2. The molecule has 0 saturated carbocycles. The monoisotopic (exact) mass is 573 g/mol. The highest BCUT2D eigenvalue weighted by molar-refractivity contribution is 7.98. The summed E-state index contributed by atoms with van der Waals surface area (Å²) in [6.07, 6.45) is 1.93. The molecule has 5 rings (SSSR count). The molecule has 0 atom stereocenters. The van der Waals surface area contributed by atoms with Crippen molar-refractivity contribution in [1.29, 1.82) is 0 Å². The van der Waals surface area contributed by atoms with Crippen LogP contribution in [0.1, 0.15) is 11.1 Å². The maximum atomic E-state index is 13.6. The number of sulfonamides is 1. The van der Waals surface area contributed by atoms with Gasteiger partial charge < -0.3 is 5.32 Å². The maximum absolute atomic E-state index is 13.6. The van der Waals surface area contributed by atoms with Crippen LogP contribution in [0.5, 0.6) is 0 Å². The van der Waals surface area contributed by atoms with E-state index in [1.54, 1.807) is 59.9 Å². The molecule has 39 heavy (non-hydrogen) atoms. The van der Waals surface area contributed by atoms with E-state index >= 15 is 0 Å². The van der Waals surface area contributed by atoms with Crippen molar-refractivity contribution in [2.75, 3.05) is 22.4 Å². The highest BCUT2D eigenvalue weighted by Crippen LogP contribution is 2.31. The largest absolute Gasteiger partial charge is 0.325 e. The van der Waals surface area contributed by atoms with Gasteiger partial charge in [0.1, 0.15) is 11.6 Å². The molecule has 0 fully saturated rings. The van der Waals surface area contributed by atoms with Gasteiger partial charge in [-0.25, -0.2) is 13.4 Å². The normalized spacial score (nSPS) is 11.5. The van der Waals surface area contributed by atoms with Crippen LogP contribution in [0.3, 0.4) is 0 Å². The minimum Gasteiger partial charge on any atom is -0.325 e. The van der Waals surface area contributed by atoms with Gasteiger partial charge in [-0.05, 0) is 98.5 Å². The Morgan fingerprint density at radius 3 is 2.23 bits per heavy atom. The molecule has 1 aromatic heterocycles. The SMILES string of the molecule is CSc1ccc(S(=O)(=O)N(CC(=O)Nc2ccc(-c3nc4ccc(C)cc4s3)cc2)c2ccc(C)cc2)cc1. The van der Waals surface area contributed by atoms with Gasteiger partial charge in [0.15, 0.2) is 0 Å². The van der Waals surface area contributed by atoms with Gasteiger partial charge in [-0.1, -0.05) is 23.8 Å². The molecule has 0 aliphatic rings. The minimum absolute atomic E-state index is 0.129. The Hall–Kier alpha value is -3.66. The van der Waals surface area contributed by atoms with E-state index < -0.39 is 15.9 Å². The van der Waals surface area contributed by atoms with Gasteiger partial charge in [0, 0.05) is 16.1 Å². The van der Waals surface area contributed by atoms with Crippen molar-refractivity contribution >= 4 is 60.6 Å². The van der Waals surface area contributed by atoms with Crippen LogP contribution >= 0.6 is 23.1 Å². The van der Waals surface area contributed by atoms with E-state index in [4.69, 9.17) is 4.98 Å². The molecule has 0 radical (unpaired) electrons. The second-order valence-corrected chi connectivity index (χ2v) is 12.9. The van der Waals surface area contributed by atoms with Crippen molar-refractivity contribution in [3.05, 3.63) is 102 Å². The summed E-state index contributed by atoms with van der Waals surface area (Å²) in [4.78, 5) is 18.9. The smallest absolute Gasteiger partial charge is 0.264 e. The molecule has 0 aliphatic carbocycles. The number of hydrogen-bond donors (Lipinski definition) is 1. The van der Waals surface area contributed by atoms with E-state index in [1.807, 2.05) is 49.6 Å². The van der Waals surface area contributed by atoms with Gasteiger partial charge >= 0.3 is 0 Å². The number of nitrogens with one attached hydrogen (secondary N) is 1.